The average Bonchev–Trinajstić information content (AvgIpc) is 2.88. The van der Waals surface area contributed by atoms with E-state index in [0.29, 0.717) is 12.1 Å². The first-order chi connectivity index (χ1) is 18.2. The quantitative estimate of drug-likeness (QED) is 0.205. The number of carbonyl (C=O) groups excluding carboxylic acids is 1. The number of aryl methyl sites for hydroxylation is 1. The van der Waals surface area contributed by atoms with Crippen LogP contribution in [0.15, 0.2) is 70.3 Å². The number of hydrogen-bond acceptors (Lipinski definition) is 5. The lowest BCUT2D eigenvalue weighted by atomic mass is 10.00. The zero-order chi connectivity index (χ0) is 27.2. The predicted molar refractivity (Wildman–Crippen MR) is 140 cm³/mol. The summed E-state index contributed by atoms with van der Waals surface area (Å²) in [6.45, 7) is 2.65. The molecule has 0 bridgehead atoms. The number of aliphatic hydroxyl groups excluding tert-OH is 1. The highest BCUT2D eigenvalue weighted by Crippen LogP contribution is 2.14. The van der Waals surface area contributed by atoms with Crippen molar-refractivity contribution >= 4 is 16.9 Å². The number of fused-ring (bicyclic) bond motifs is 1. The minimum atomic E-state index is -1.10. The van der Waals surface area contributed by atoms with E-state index < -0.39 is 40.8 Å². The van der Waals surface area contributed by atoms with Gasteiger partial charge in [-0.1, -0.05) is 31.2 Å². The minimum absolute atomic E-state index is 0.0354. The third kappa shape index (κ3) is 6.78. The molecule has 5 N–H and O–H groups in total. The molecule has 0 radical (unpaired) electrons. The Bertz CT molecular complexity index is 1550. The van der Waals surface area contributed by atoms with E-state index in [1.807, 2.05) is 18.2 Å². The molecule has 3 aromatic carbocycles. The number of aromatic amines is 2. The third-order valence-corrected chi connectivity index (χ3v) is 6.23. The second-order valence-electron chi connectivity index (χ2n) is 9.10. The van der Waals surface area contributed by atoms with Gasteiger partial charge in [0.1, 0.15) is 11.6 Å². The van der Waals surface area contributed by atoms with Crippen molar-refractivity contribution in [1.29, 1.82) is 0 Å². The largest absolute Gasteiger partial charge is 0.390 e. The topological polar surface area (TPSA) is 127 Å². The van der Waals surface area contributed by atoms with Crippen molar-refractivity contribution in [2.75, 3.05) is 6.54 Å². The Balaban J connectivity index is 1.52. The van der Waals surface area contributed by atoms with Gasteiger partial charge in [0.15, 0.2) is 0 Å². The van der Waals surface area contributed by atoms with Gasteiger partial charge in [-0.05, 0) is 59.9 Å². The summed E-state index contributed by atoms with van der Waals surface area (Å²) in [7, 11) is 0. The molecule has 0 aliphatic rings. The smallest absolute Gasteiger partial charge is 0.314 e. The van der Waals surface area contributed by atoms with Crippen LogP contribution in [-0.2, 0) is 19.4 Å². The molecule has 0 unspecified atom stereocenters. The number of H-pyrrole nitrogens is 2. The Morgan fingerprint density at radius 1 is 0.895 bits per heavy atom. The van der Waals surface area contributed by atoms with Gasteiger partial charge in [-0.2, -0.15) is 0 Å². The van der Waals surface area contributed by atoms with Crippen LogP contribution < -0.4 is 21.8 Å². The van der Waals surface area contributed by atoms with Gasteiger partial charge in [-0.15, -0.1) is 0 Å². The molecule has 0 spiro atoms. The van der Waals surface area contributed by atoms with Gasteiger partial charge in [0, 0.05) is 24.7 Å². The van der Waals surface area contributed by atoms with Gasteiger partial charge in [-0.3, -0.25) is 14.4 Å². The lowest BCUT2D eigenvalue weighted by Gasteiger charge is -2.25. The summed E-state index contributed by atoms with van der Waals surface area (Å²) in [5.41, 5.74) is 1.57. The van der Waals surface area contributed by atoms with Crippen molar-refractivity contribution in [3.8, 4) is 0 Å². The summed E-state index contributed by atoms with van der Waals surface area (Å²) in [5.74, 6) is -2.10. The minimum Gasteiger partial charge on any atom is -0.390 e. The van der Waals surface area contributed by atoms with Gasteiger partial charge in [-0.25, -0.2) is 8.78 Å². The molecule has 0 aliphatic heterocycles. The van der Waals surface area contributed by atoms with Crippen molar-refractivity contribution in [2.24, 2.45) is 0 Å². The van der Waals surface area contributed by atoms with Crippen molar-refractivity contribution < 1.29 is 18.7 Å². The van der Waals surface area contributed by atoms with Crippen LogP contribution in [0.5, 0.6) is 0 Å². The number of aromatic nitrogens is 2. The molecule has 2 atom stereocenters. The van der Waals surface area contributed by atoms with E-state index in [1.165, 1.54) is 23.8 Å². The highest BCUT2D eigenvalue weighted by atomic mass is 19.1. The average molecular weight is 523 g/mol. The second kappa shape index (κ2) is 11.9. The monoisotopic (exact) mass is 522 g/mol. The van der Waals surface area contributed by atoms with Gasteiger partial charge in [0.05, 0.1) is 23.2 Å². The summed E-state index contributed by atoms with van der Waals surface area (Å²) in [6.07, 6.45) is -0.240. The second-order valence-corrected chi connectivity index (χ2v) is 9.10. The summed E-state index contributed by atoms with van der Waals surface area (Å²) >= 11 is 0. The fraction of sp³-hybridized carbons (Fsp3) is 0.250. The highest BCUT2D eigenvalue weighted by Gasteiger charge is 2.23. The molecule has 0 saturated heterocycles. The predicted octanol–water partition coefficient (Wildman–Crippen LogP) is 2.55. The highest BCUT2D eigenvalue weighted by molar-refractivity contribution is 5.97. The van der Waals surface area contributed by atoms with E-state index in [2.05, 4.69) is 33.6 Å². The Hall–Kier alpha value is -4.15. The molecule has 0 saturated carbocycles. The summed E-state index contributed by atoms with van der Waals surface area (Å²) in [4.78, 5) is 41.1. The fourth-order valence-electron chi connectivity index (χ4n) is 4.24. The Morgan fingerprint density at radius 3 is 2.29 bits per heavy atom. The zero-order valence-corrected chi connectivity index (χ0v) is 20.7. The van der Waals surface area contributed by atoms with E-state index in [4.69, 9.17) is 0 Å². The molecule has 10 heteroatoms. The molecule has 1 heterocycles. The first-order valence-corrected chi connectivity index (χ1v) is 12.2. The van der Waals surface area contributed by atoms with E-state index in [1.54, 1.807) is 0 Å². The molecule has 4 aromatic rings. The summed E-state index contributed by atoms with van der Waals surface area (Å²) in [6, 6.07) is 14.5. The maximum atomic E-state index is 13.8. The zero-order valence-electron chi connectivity index (χ0n) is 20.7. The van der Waals surface area contributed by atoms with Crippen LogP contribution in [0.3, 0.4) is 0 Å². The number of halogens is 2. The number of aliphatic hydroxyl groups is 1. The standard InChI is InChI=1S/C28H28F2N4O4/c1-2-16-4-3-5-17(8-16)14-31-15-25(35)24(11-18-9-20(29)13-21(30)10-18)34-26(36)19-6-7-22-23(12-19)33-28(38)27(37)32-22/h3-10,12-13,24-25,31,35H,2,11,14-15H2,1H3,(H,32,37)(H,33,38)(H,34,36)/t24-,25+/m0/s1. The van der Waals surface area contributed by atoms with Crippen LogP contribution in [0.25, 0.3) is 11.0 Å². The molecule has 4 rings (SSSR count). The van der Waals surface area contributed by atoms with Crippen LogP contribution in [-0.4, -0.2) is 39.7 Å². The summed E-state index contributed by atoms with van der Waals surface area (Å²) < 4.78 is 27.6. The lowest BCUT2D eigenvalue weighted by molar-refractivity contribution is 0.0830. The van der Waals surface area contributed by atoms with Crippen LogP contribution in [0, 0.1) is 11.6 Å². The van der Waals surface area contributed by atoms with Crippen molar-refractivity contribution in [3.63, 3.8) is 0 Å². The maximum absolute atomic E-state index is 13.8. The van der Waals surface area contributed by atoms with E-state index >= 15 is 0 Å². The Labute approximate surface area is 216 Å². The van der Waals surface area contributed by atoms with Gasteiger partial charge in [0.25, 0.3) is 5.91 Å². The number of benzene rings is 3. The van der Waals surface area contributed by atoms with Crippen LogP contribution in [0.4, 0.5) is 8.78 Å². The molecule has 38 heavy (non-hydrogen) atoms. The number of amides is 1. The van der Waals surface area contributed by atoms with E-state index in [9.17, 15) is 28.3 Å². The fourth-order valence-corrected chi connectivity index (χ4v) is 4.24. The molecule has 1 aromatic heterocycles. The molecule has 8 nitrogen and oxygen atoms in total. The summed E-state index contributed by atoms with van der Waals surface area (Å²) in [5, 5.41) is 16.9. The van der Waals surface area contributed by atoms with Crippen molar-refractivity contribution in [1.82, 2.24) is 20.6 Å². The first kappa shape index (κ1) is 26.9. The molecular weight excluding hydrogens is 494 g/mol. The van der Waals surface area contributed by atoms with E-state index in [-0.39, 0.29) is 29.6 Å². The van der Waals surface area contributed by atoms with Crippen molar-refractivity contribution in [2.45, 2.75) is 38.5 Å². The first-order valence-electron chi connectivity index (χ1n) is 12.2. The SMILES string of the molecule is CCc1cccc(CNC[C@@H](O)[C@H](Cc2cc(F)cc(F)c2)NC(=O)c2ccc3[nH]c(=O)c(=O)[nH]c3c2)c1. The van der Waals surface area contributed by atoms with Crippen LogP contribution in [0.2, 0.25) is 0 Å². The molecular formula is C28H28F2N4O4. The van der Waals surface area contributed by atoms with Gasteiger partial charge in [0.2, 0.25) is 0 Å². The van der Waals surface area contributed by atoms with Gasteiger partial charge < -0.3 is 25.7 Å². The molecule has 198 valence electrons. The van der Waals surface area contributed by atoms with Crippen LogP contribution in [0.1, 0.15) is 34.0 Å². The molecule has 0 aliphatic carbocycles. The molecule has 0 fully saturated rings. The number of hydrogen-bond donors (Lipinski definition) is 5. The molecule has 1 amide bonds. The lowest BCUT2D eigenvalue weighted by Crippen LogP contribution is -2.48. The Morgan fingerprint density at radius 2 is 1.58 bits per heavy atom. The Kier molecular flexibility index (Phi) is 8.45. The number of nitrogens with one attached hydrogen (secondary N) is 4. The maximum Gasteiger partial charge on any atom is 0.314 e. The van der Waals surface area contributed by atoms with E-state index in [0.717, 1.165) is 30.2 Å². The van der Waals surface area contributed by atoms with Crippen LogP contribution >= 0.6 is 0 Å². The van der Waals surface area contributed by atoms with Crippen molar-refractivity contribution in [3.05, 3.63) is 115 Å². The third-order valence-electron chi connectivity index (χ3n) is 6.23. The normalized spacial score (nSPS) is 12.8. The number of rotatable bonds is 10. The van der Waals surface area contributed by atoms with Gasteiger partial charge >= 0.3 is 11.1 Å². The number of carbonyl (C=O) groups is 1.